The molecule has 1 aromatic carbocycles. The van der Waals surface area contributed by atoms with Crippen LogP contribution in [-0.2, 0) is 0 Å². The van der Waals surface area contributed by atoms with Crippen molar-refractivity contribution in [2.75, 3.05) is 5.32 Å². The molecule has 110 valence electrons. The molecule has 0 bridgehead atoms. The van der Waals surface area contributed by atoms with Crippen molar-refractivity contribution in [1.82, 2.24) is 0 Å². The van der Waals surface area contributed by atoms with Crippen LogP contribution < -0.4 is 5.32 Å². The van der Waals surface area contributed by atoms with Gasteiger partial charge < -0.3 is 5.32 Å². The summed E-state index contributed by atoms with van der Waals surface area (Å²) in [6, 6.07) is 1.56. The topological polar surface area (TPSA) is 55.2 Å². The van der Waals surface area contributed by atoms with Crippen LogP contribution in [0.1, 0.15) is 39.0 Å². The zero-order chi connectivity index (χ0) is 14.7. The van der Waals surface area contributed by atoms with Crippen molar-refractivity contribution in [3.63, 3.8) is 0 Å². The highest BCUT2D eigenvalue weighted by molar-refractivity contribution is 5.62. The molecule has 6 heteroatoms. The number of nitrogens with zero attached hydrogens (tertiary/aromatic N) is 1. The van der Waals surface area contributed by atoms with Crippen LogP contribution in [0, 0.1) is 27.7 Å². The number of benzene rings is 1. The minimum atomic E-state index is -1.14. The van der Waals surface area contributed by atoms with Crippen LogP contribution in [-0.4, -0.2) is 11.0 Å². The largest absolute Gasteiger partial charge is 0.377 e. The fraction of sp³-hybridized carbons (Fsp3) is 0.571. The molecule has 1 fully saturated rings. The van der Waals surface area contributed by atoms with E-state index in [2.05, 4.69) is 12.2 Å². The standard InChI is InChI=1S/C14H18F2N2O2/c1-9-3-2-4-11(6-5-9)17-13-8-10(15)7-12(16)14(13)18(19)20/h7-9,11,17H,2-6H2,1H3. The van der Waals surface area contributed by atoms with Gasteiger partial charge in [-0.25, -0.2) is 4.39 Å². The van der Waals surface area contributed by atoms with Gasteiger partial charge in [-0.05, 0) is 25.2 Å². The summed E-state index contributed by atoms with van der Waals surface area (Å²) in [5.41, 5.74) is -0.740. The highest BCUT2D eigenvalue weighted by Gasteiger charge is 2.25. The molecule has 4 nitrogen and oxygen atoms in total. The first kappa shape index (κ1) is 14.7. The Balaban J connectivity index is 2.21. The van der Waals surface area contributed by atoms with Crippen LogP contribution in [0.15, 0.2) is 12.1 Å². The molecule has 2 unspecified atom stereocenters. The fourth-order valence-electron chi connectivity index (χ4n) is 2.71. The van der Waals surface area contributed by atoms with Crippen molar-refractivity contribution >= 4 is 11.4 Å². The molecule has 0 amide bonds. The Kier molecular flexibility index (Phi) is 4.52. The van der Waals surface area contributed by atoms with Crippen LogP contribution >= 0.6 is 0 Å². The summed E-state index contributed by atoms with van der Waals surface area (Å²) >= 11 is 0. The maximum Gasteiger partial charge on any atom is 0.327 e. The number of halogens is 2. The zero-order valence-corrected chi connectivity index (χ0v) is 11.4. The number of rotatable bonds is 3. The van der Waals surface area contributed by atoms with Crippen molar-refractivity contribution in [2.45, 2.75) is 45.1 Å². The van der Waals surface area contributed by atoms with Gasteiger partial charge in [0.1, 0.15) is 11.5 Å². The summed E-state index contributed by atoms with van der Waals surface area (Å²) in [7, 11) is 0. The predicted molar refractivity (Wildman–Crippen MR) is 72.7 cm³/mol. The van der Waals surface area contributed by atoms with E-state index in [4.69, 9.17) is 0 Å². The quantitative estimate of drug-likeness (QED) is 0.512. The molecule has 0 aliphatic heterocycles. The molecular formula is C14H18F2N2O2. The minimum Gasteiger partial charge on any atom is -0.377 e. The third-order valence-electron chi connectivity index (χ3n) is 3.83. The maximum atomic E-state index is 13.5. The molecule has 1 aliphatic rings. The zero-order valence-electron chi connectivity index (χ0n) is 11.4. The normalized spacial score (nSPS) is 23.1. The van der Waals surface area contributed by atoms with Gasteiger partial charge in [0.25, 0.3) is 0 Å². The van der Waals surface area contributed by atoms with E-state index < -0.39 is 22.2 Å². The Morgan fingerprint density at radius 3 is 2.70 bits per heavy atom. The molecule has 0 radical (unpaired) electrons. The van der Waals surface area contributed by atoms with Crippen molar-refractivity contribution in [3.8, 4) is 0 Å². The molecule has 2 atom stereocenters. The van der Waals surface area contributed by atoms with E-state index in [1.54, 1.807) is 0 Å². The molecule has 20 heavy (non-hydrogen) atoms. The van der Waals surface area contributed by atoms with Gasteiger partial charge in [0.05, 0.1) is 4.92 Å². The second-order valence-electron chi connectivity index (χ2n) is 5.50. The van der Waals surface area contributed by atoms with Gasteiger partial charge in [0.15, 0.2) is 0 Å². The molecular weight excluding hydrogens is 266 g/mol. The summed E-state index contributed by atoms with van der Waals surface area (Å²) < 4.78 is 26.8. The van der Waals surface area contributed by atoms with Crippen LogP contribution in [0.2, 0.25) is 0 Å². The molecule has 1 N–H and O–H groups in total. The molecule has 0 saturated heterocycles. The molecule has 0 spiro atoms. The Hall–Kier alpha value is -1.72. The summed E-state index contributed by atoms with van der Waals surface area (Å²) in [5, 5.41) is 13.9. The van der Waals surface area contributed by atoms with Gasteiger partial charge in [-0.3, -0.25) is 10.1 Å². The average molecular weight is 284 g/mol. The summed E-state index contributed by atoms with van der Waals surface area (Å²) in [5.74, 6) is -1.32. The third kappa shape index (κ3) is 3.43. The lowest BCUT2D eigenvalue weighted by Gasteiger charge is -2.18. The molecule has 1 aliphatic carbocycles. The van der Waals surface area contributed by atoms with Gasteiger partial charge in [-0.1, -0.05) is 19.8 Å². The van der Waals surface area contributed by atoms with E-state index in [1.807, 2.05) is 0 Å². The molecule has 2 rings (SSSR count). The van der Waals surface area contributed by atoms with Crippen molar-refractivity contribution in [1.29, 1.82) is 0 Å². The first-order valence-electron chi connectivity index (χ1n) is 6.87. The number of hydrogen-bond acceptors (Lipinski definition) is 3. The smallest absolute Gasteiger partial charge is 0.327 e. The molecule has 1 aromatic rings. The second-order valence-corrected chi connectivity index (χ2v) is 5.50. The van der Waals surface area contributed by atoms with Crippen LogP contribution in [0.5, 0.6) is 0 Å². The van der Waals surface area contributed by atoms with Crippen molar-refractivity contribution in [2.24, 2.45) is 5.92 Å². The van der Waals surface area contributed by atoms with E-state index in [-0.39, 0.29) is 11.7 Å². The van der Waals surface area contributed by atoms with Crippen LogP contribution in [0.4, 0.5) is 20.2 Å². The molecule has 0 aromatic heterocycles. The molecule has 1 saturated carbocycles. The fourth-order valence-corrected chi connectivity index (χ4v) is 2.71. The van der Waals surface area contributed by atoms with E-state index in [0.717, 1.165) is 38.2 Å². The number of nitro benzene ring substituents is 1. The Labute approximate surface area is 116 Å². The first-order valence-corrected chi connectivity index (χ1v) is 6.87. The lowest BCUT2D eigenvalue weighted by Crippen LogP contribution is -2.19. The van der Waals surface area contributed by atoms with Crippen molar-refractivity contribution in [3.05, 3.63) is 33.9 Å². The number of nitro groups is 1. The van der Waals surface area contributed by atoms with Crippen LogP contribution in [0.25, 0.3) is 0 Å². The highest BCUT2D eigenvalue weighted by atomic mass is 19.1. The van der Waals surface area contributed by atoms with Gasteiger partial charge in [0.2, 0.25) is 5.82 Å². The monoisotopic (exact) mass is 284 g/mol. The van der Waals surface area contributed by atoms with Gasteiger partial charge in [-0.15, -0.1) is 0 Å². The SMILES string of the molecule is CC1CCCC(Nc2cc(F)cc(F)c2[N+](=O)[O-])CC1. The average Bonchev–Trinajstić information content (AvgIpc) is 2.53. The van der Waals surface area contributed by atoms with E-state index in [9.17, 15) is 18.9 Å². The van der Waals surface area contributed by atoms with Gasteiger partial charge in [0, 0.05) is 18.2 Å². The third-order valence-corrected chi connectivity index (χ3v) is 3.83. The maximum absolute atomic E-state index is 13.5. The Bertz CT molecular complexity index is 508. The minimum absolute atomic E-state index is 0.0276. The number of anilines is 1. The molecule has 0 heterocycles. The summed E-state index contributed by atoms with van der Waals surface area (Å²) in [6.07, 6.45) is 4.88. The Morgan fingerprint density at radius 2 is 2.00 bits per heavy atom. The van der Waals surface area contributed by atoms with E-state index in [0.29, 0.717) is 12.0 Å². The van der Waals surface area contributed by atoms with Crippen LogP contribution in [0.3, 0.4) is 0 Å². The Morgan fingerprint density at radius 1 is 1.25 bits per heavy atom. The second kappa shape index (κ2) is 6.15. The lowest BCUT2D eigenvalue weighted by molar-refractivity contribution is -0.386. The number of nitrogens with one attached hydrogen (secondary N) is 1. The van der Waals surface area contributed by atoms with E-state index >= 15 is 0 Å². The van der Waals surface area contributed by atoms with Gasteiger partial charge in [-0.2, -0.15) is 4.39 Å². The lowest BCUT2D eigenvalue weighted by atomic mass is 10.0. The summed E-state index contributed by atoms with van der Waals surface area (Å²) in [6.45, 7) is 2.17. The summed E-state index contributed by atoms with van der Waals surface area (Å²) in [4.78, 5) is 10.1. The van der Waals surface area contributed by atoms with E-state index in [1.165, 1.54) is 0 Å². The van der Waals surface area contributed by atoms with Crippen molar-refractivity contribution < 1.29 is 13.7 Å². The number of hydrogen-bond donors (Lipinski definition) is 1. The predicted octanol–water partition coefficient (Wildman–Crippen LogP) is 4.25. The van der Waals surface area contributed by atoms with Gasteiger partial charge >= 0.3 is 5.69 Å². The first-order chi connectivity index (χ1) is 9.47. The highest BCUT2D eigenvalue weighted by Crippen LogP contribution is 2.32.